The first kappa shape index (κ1) is 12.0. The van der Waals surface area contributed by atoms with Gasteiger partial charge in [-0.3, -0.25) is 4.79 Å². The van der Waals surface area contributed by atoms with E-state index in [9.17, 15) is 4.79 Å². The molecule has 0 aromatic heterocycles. The van der Waals surface area contributed by atoms with E-state index in [4.69, 9.17) is 0 Å². The van der Waals surface area contributed by atoms with Crippen molar-refractivity contribution in [2.75, 3.05) is 0 Å². The van der Waals surface area contributed by atoms with Crippen molar-refractivity contribution >= 4 is 5.91 Å². The summed E-state index contributed by atoms with van der Waals surface area (Å²) in [6.07, 6.45) is 6.92. The van der Waals surface area contributed by atoms with Crippen molar-refractivity contribution in [2.45, 2.75) is 45.6 Å². The van der Waals surface area contributed by atoms with Crippen LogP contribution in [0, 0.1) is 5.92 Å². The maximum absolute atomic E-state index is 11.9. The van der Waals surface area contributed by atoms with Crippen LogP contribution < -0.4 is 5.32 Å². The first-order valence-electron chi connectivity index (χ1n) is 5.54. The largest absolute Gasteiger partial charge is 0.350 e. The third kappa shape index (κ3) is 3.54. The van der Waals surface area contributed by atoms with Gasteiger partial charge < -0.3 is 5.32 Å². The van der Waals surface area contributed by atoms with E-state index in [2.05, 4.69) is 31.0 Å². The van der Waals surface area contributed by atoms with Gasteiger partial charge in [0, 0.05) is 11.5 Å². The van der Waals surface area contributed by atoms with Crippen molar-refractivity contribution in [3.63, 3.8) is 0 Å². The lowest BCUT2D eigenvalue weighted by atomic mass is 9.96. The van der Waals surface area contributed by atoms with Crippen LogP contribution in [0.3, 0.4) is 0 Å². The normalized spacial score (nSPS) is 19.9. The van der Waals surface area contributed by atoms with Crippen LogP contribution in [0.2, 0.25) is 0 Å². The molecule has 0 aromatic rings. The van der Waals surface area contributed by atoms with E-state index in [1.807, 2.05) is 13.8 Å². The molecule has 1 rings (SSSR count). The van der Waals surface area contributed by atoms with E-state index in [0.29, 0.717) is 0 Å². The highest BCUT2D eigenvalue weighted by atomic mass is 16.2. The number of nitrogens with one attached hydrogen (secondary N) is 1. The molecule has 1 atom stereocenters. The van der Waals surface area contributed by atoms with E-state index >= 15 is 0 Å². The summed E-state index contributed by atoms with van der Waals surface area (Å²) in [6.45, 7) is 9.84. The Morgan fingerprint density at radius 2 is 2.07 bits per heavy atom. The highest BCUT2D eigenvalue weighted by Gasteiger charge is 2.28. The van der Waals surface area contributed by atoms with Gasteiger partial charge in [0.1, 0.15) is 0 Å². The fourth-order valence-corrected chi connectivity index (χ4v) is 1.91. The topological polar surface area (TPSA) is 29.1 Å². The number of rotatable bonds is 4. The van der Waals surface area contributed by atoms with E-state index < -0.39 is 0 Å². The summed E-state index contributed by atoms with van der Waals surface area (Å²) >= 11 is 0. The smallest absolute Gasteiger partial charge is 0.223 e. The molecule has 0 saturated heterocycles. The fourth-order valence-electron chi connectivity index (χ4n) is 1.91. The van der Waals surface area contributed by atoms with Crippen LogP contribution >= 0.6 is 0 Å². The van der Waals surface area contributed by atoms with Crippen molar-refractivity contribution in [3.05, 3.63) is 24.3 Å². The molecular weight excluding hydrogens is 186 g/mol. The van der Waals surface area contributed by atoms with E-state index in [1.165, 1.54) is 0 Å². The summed E-state index contributed by atoms with van der Waals surface area (Å²) in [5.74, 6) is 0.170. The first-order valence-corrected chi connectivity index (χ1v) is 5.54. The molecule has 0 aromatic carbocycles. The van der Waals surface area contributed by atoms with Crippen molar-refractivity contribution in [3.8, 4) is 0 Å². The van der Waals surface area contributed by atoms with Crippen LogP contribution in [0.25, 0.3) is 0 Å². The number of allylic oxidation sites excluding steroid dienone is 1. The second-order valence-electron chi connectivity index (χ2n) is 4.99. The van der Waals surface area contributed by atoms with E-state index in [0.717, 1.165) is 24.8 Å². The third-order valence-corrected chi connectivity index (χ3v) is 2.83. The van der Waals surface area contributed by atoms with Gasteiger partial charge in [0.2, 0.25) is 5.91 Å². The molecule has 84 valence electrons. The molecule has 1 amide bonds. The molecule has 2 heteroatoms. The van der Waals surface area contributed by atoms with Gasteiger partial charge in [-0.05, 0) is 33.1 Å². The highest BCUT2D eigenvalue weighted by Crippen LogP contribution is 2.23. The monoisotopic (exact) mass is 207 g/mol. The van der Waals surface area contributed by atoms with E-state index in [1.54, 1.807) is 0 Å². The van der Waals surface area contributed by atoms with Crippen LogP contribution in [-0.2, 0) is 4.79 Å². The Hall–Kier alpha value is -1.05. The molecular formula is C13H21NO. The molecule has 0 spiro atoms. The Labute approximate surface area is 92.4 Å². The second-order valence-corrected chi connectivity index (χ2v) is 4.99. The van der Waals surface area contributed by atoms with Crippen molar-refractivity contribution in [1.82, 2.24) is 5.32 Å². The van der Waals surface area contributed by atoms with Gasteiger partial charge in [-0.1, -0.05) is 24.6 Å². The summed E-state index contributed by atoms with van der Waals surface area (Å²) in [5.41, 5.74) is 1.01. The van der Waals surface area contributed by atoms with Crippen LogP contribution in [-0.4, -0.2) is 11.4 Å². The molecule has 1 aliphatic carbocycles. The van der Waals surface area contributed by atoms with Crippen LogP contribution in [0.5, 0.6) is 0 Å². The zero-order valence-electron chi connectivity index (χ0n) is 9.97. The molecule has 0 aliphatic heterocycles. The maximum Gasteiger partial charge on any atom is 0.223 e. The maximum atomic E-state index is 11.9. The number of carbonyl (C=O) groups is 1. The van der Waals surface area contributed by atoms with Gasteiger partial charge in [-0.2, -0.15) is 0 Å². The quantitative estimate of drug-likeness (QED) is 0.706. The third-order valence-electron chi connectivity index (χ3n) is 2.83. The van der Waals surface area contributed by atoms with Gasteiger partial charge in [-0.15, -0.1) is 6.58 Å². The van der Waals surface area contributed by atoms with Gasteiger partial charge in [0.15, 0.2) is 0 Å². The zero-order valence-corrected chi connectivity index (χ0v) is 9.97. The number of hydrogen-bond donors (Lipinski definition) is 1. The minimum Gasteiger partial charge on any atom is -0.350 e. The summed E-state index contributed by atoms with van der Waals surface area (Å²) in [5, 5.41) is 3.12. The molecule has 0 heterocycles. The highest BCUT2D eigenvalue weighted by molar-refractivity contribution is 5.79. The minimum atomic E-state index is -0.0551. The van der Waals surface area contributed by atoms with Gasteiger partial charge in [0.25, 0.3) is 0 Å². The summed E-state index contributed by atoms with van der Waals surface area (Å²) in [7, 11) is 0. The Morgan fingerprint density at radius 3 is 2.53 bits per heavy atom. The van der Waals surface area contributed by atoms with Crippen LogP contribution in [0.4, 0.5) is 0 Å². The van der Waals surface area contributed by atoms with Crippen LogP contribution in [0.1, 0.15) is 40.0 Å². The molecule has 1 aliphatic rings. The van der Waals surface area contributed by atoms with Gasteiger partial charge in [0.05, 0.1) is 0 Å². The Balaban J connectivity index is 2.44. The standard InChI is InChI=1S/C13H21NO/c1-10(2)9-11(3)12(15)14-13(4)7-5-6-8-13/h5-6,11H,1,7-9H2,2-4H3,(H,14,15). The SMILES string of the molecule is C=C(C)CC(C)C(=O)NC1(C)CC=CC1. The molecule has 0 fully saturated rings. The summed E-state index contributed by atoms with van der Waals surface area (Å²) in [6, 6.07) is 0. The molecule has 2 nitrogen and oxygen atoms in total. The Kier molecular flexibility index (Phi) is 3.72. The van der Waals surface area contributed by atoms with Crippen LogP contribution in [0.15, 0.2) is 24.3 Å². The second kappa shape index (κ2) is 4.65. The average Bonchev–Trinajstić information content (AvgIpc) is 2.50. The van der Waals surface area contributed by atoms with Crippen molar-refractivity contribution in [2.24, 2.45) is 5.92 Å². The number of amides is 1. The van der Waals surface area contributed by atoms with E-state index in [-0.39, 0.29) is 17.4 Å². The minimum absolute atomic E-state index is 0.0277. The molecule has 1 N–H and O–H groups in total. The molecule has 0 radical (unpaired) electrons. The lowest BCUT2D eigenvalue weighted by Gasteiger charge is -2.27. The van der Waals surface area contributed by atoms with Gasteiger partial charge >= 0.3 is 0 Å². The zero-order chi connectivity index (χ0) is 11.5. The van der Waals surface area contributed by atoms with Crippen molar-refractivity contribution < 1.29 is 4.79 Å². The molecule has 1 unspecified atom stereocenters. The predicted molar refractivity (Wildman–Crippen MR) is 63.5 cm³/mol. The molecule has 15 heavy (non-hydrogen) atoms. The Bertz CT molecular complexity index is 283. The molecule has 0 saturated carbocycles. The predicted octanol–water partition coefficient (Wildman–Crippen LogP) is 2.81. The summed E-state index contributed by atoms with van der Waals surface area (Å²) in [4.78, 5) is 11.9. The lowest BCUT2D eigenvalue weighted by Crippen LogP contribution is -2.46. The first-order chi connectivity index (χ1) is 6.93. The summed E-state index contributed by atoms with van der Waals surface area (Å²) < 4.78 is 0. The van der Waals surface area contributed by atoms with Gasteiger partial charge in [-0.25, -0.2) is 0 Å². The Morgan fingerprint density at radius 1 is 1.53 bits per heavy atom. The van der Waals surface area contributed by atoms with Crippen molar-refractivity contribution in [1.29, 1.82) is 0 Å². The average molecular weight is 207 g/mol. The fraction of sp³-hybridized carbons (Fsp3) is 0.615. The lowest BCUT2D eigenvalue weighted by molar-refractivity contribution is -0.126. The number of carbonyl (C=O) groups excluding carboxylic acids is 1. The molecule has 0 bridgehead atoms. The number of hydrogen-bond acceptors (Lipinski definition) is 1.